The Morgan fingerprint density at radius 1 is 1.43 bits per heavy atom. The van der Waals surface area contributed by atoms with Gasteiger partial charge in [0.1, 0.15) is 6.04 Å². The smallest absolute Gasteiger partial charge is 0.322 e. The summed E-state index contributed by atoms with van der Waals surface area (Å²) in [5.41, 5.74) is 1.03. The maximum atomic E-state index is 12.1. The van der Waals surface area contributed by atoms with Crippen LogP contribution in [-0.4, -0.2) is 54.1 Å². The van der Waals surface area contributed by atoms with Gasteiger partial charge >= 0.3 is 5.97 Å². The molecule has 1 heterocycles. The first kappa shape index (κ1) is 15.5. The number of piperazine rings is 1. The first-order valence-corrected chi connectivity index (χ1v) is 7.10. The Bertz CT molecular complexity index is 492. The summed E-state index contributed by atoms with van der Waals surface area (Å²) in [6.45, 7) is 3.65. The van der Waals surface area contributed by atoms with Gasteiger partial charge in [0, 0.05) is 19.6 Å². The van der Waals surface area contributed by atoms with Gasteiger partial charge in [-0.25, -0.2) is 0 Å². The SMILES string of the molecule is CC(NC(=O)CN1CCNCC1C(=O)O)c1ccccc1. The summed E-state index contributed by atoms with van der Waals surface area (Å²) in [4.78, 5) is 25.0. The van der Waals surface area contributed by atoms with Crippen LogP contribution in [0.5, 0.6) is 0 Å². The van der Waals surface area contributed by atoms with E-state index in [0.29, 0.717) is 19.6 Å². The third-order valence-corrected chi connectivity index (χ3v) is 3.66. The van der Waals surface area contributed by atoms with Crippen molar-refractivity contribution in [1.29, 1.82) is 0 Å². The van der Waals surface area contributed by atoms with Crippen molar-refractivity contribution in [1.82, 2.24) is 15.5 Å². The number of nitrogens with one attached hydrogen (secondary N) is 2. The van der Waals surface area contributed by atoms with Crippen LogP contribution in [0.3, 0.4) is 0 Å². The average Bonchev–Trinajstić information content (AvgIpc) is 2.48. The number of carboxylic acids is 1. The zero-order chi connectivity index (χ0) is 15.2. The molecule has 0 aliphatic carbocycles. The van der Waals surface area contributed by atoms with Gasteiger partial charge in [-0.1, -0.05) is 30.3 Å². The van der Waals surface area contributed by atoms with E-state index in [0.717, 1.165) is 5.56 Å². The number of carboxylic acid groups (broad SMARTS) is 1. The molecule has 0 bridgehead atoms. The van der Waals surface area contributed by atoms with Gasteiger partial charge in [-0.3, -0.25) is 14.5 Å². The van der Waals surface area contributed by atoms with Crippen LogP contribution in [0, 0.1) is 0 Å². The van der Waals surface area contributed by atoms with E-state index in [1.165, 1.54) is 0 Å². The lowest BCUT2D eigenvalue weighted by atomic mass is 10.1. The Kier molecular flexibility index (Phi) is 5.30. The minimum atomic E-state index is -0.897. The van der Waals surface area contributed by atoms with Crippen molar-refractivity contribution >= 4 is 11.9 Å². The molecule has 2 unspecified atom stereocenters. The summed E-state index contributed by atoms with van der Waals surface area (Å²) >= 11 is 0. The largest absolute Gasteiger partial charge is 0.480 e. The molecule has 0 aromatic heterocycles. The van der Waals surface area contributed by atoms with E-state index in [1.54, 1.807) is 4.90 Å². The van der Waals surface area contributed by atoms with Gasteiger partial charge in [-0.05, 0) is 12.5 Å². The number of hydrogen-bond donors (Lipinski definition) is 3. The average molecular weight is 291 g/mol. The maximum Gasteiger partial charge on any atom is 0.322 e. The third kappa shape index (κ3) is 4.27. The fourth-order valence-electron chi connectivity index (χ4n) is 2.48. The molecule has 0 saturated carbocycles. The highest BCUT2D eigenvalue weighted by molar-refractivity contribution is 5.80. The standard InChI is InChI=1S/C15H21N3O3/c1-11(12-5-3-2-4-6-12)17-14(19)10-18-8-7-16-9-13(18)15(20)21/h2-6,11,13,16H,7-10H2,1H3,(H,17,19)(H,20,21). The molecule has 6 nitrogen and oxygen atoms in total. The third-order valence-electron chi connectivity index (χ3n) is 3.66. The molecule has 3 N–H and O–H groups in total. The minimum absolute atomic E-state index is 0.0927. The van der Waals surface area contributed by atoms with Crippen LogP contribution < -0.4 is 10.6 Å². The van der Waals surface area contributed by atoms with Crippen molar-refractivity contribution in [3.05, 3.63) is 35.9 Å². The molecule has 21 heavy (non-hydrogen) atoms. The second kappa shape index (κ2) is 7.19. The zero-order valence-corrected chi connectivity index (χ0v) is 12.1. The number of hydrogen-bond acceptors (Lipinski definition) is 4. The molecule has 2 rings (SSSR count). The summed E-state index contributed by atoms with van der Waals surface area (Å²) in [5.74, 6) is -1.05. The number of carbonyl (C=O) groups excluding carboxylic acids is 1. The quantitative estimate of drug-likeness (QED) is 0.723. The van der Waals surface area contributed by atoms with Crippen LogP contribution in [0.15, 0.2) is 30.3 Å². The topological polar surface area (TPSA) is 81.7 Å². The minimum Gasteiger partial charge on any atom is -0.480 e. The van der Waals surface area contributed by atoms with Gasteiger partial charge in [0.2, 0.25) is 5.91 Å². The van der Waals surface area contributed by atoms with E-state index in [-0.39, 0.29) is 18.5 Å². The summed E-state index contributed by atoms with van der Waals surface area (Å²) in [6.07, 6.45) is 0. The second-order valence-corrected chi connectivity index (χ2v) is 5.23. The molecule has 1 aliphatic rings. The van der Waals surface area contributed by atoms with Crippen LogP contribution in [0.4, 0.5) is 0 Å². The highest BCUT2D eigenvalue weighted by Gasteiger charge is 2.29. The van der Waals surface area contributed by atoms with Gasteiger partial charge in [-0.2, -0.15) is 0 Å². The molecule has 1 amide bonds. The monoisotopic (exact) mass is 291 g/mol. The first-order chi connectivity index (χ1) is 10.1. The fourth-order valence-corrected chi connectivity index (χ4v) is 2.48. The Morgan fingerprint density at radius 3 is 2.81 bits per heavy atom. The number of carbonyl (C=O) groups is 2. The van der Waals surface area contributed by atoms with Crippen LogP contribution in [-0.2, 0) is 9.59 Å². The molecule has 1 fully saturated rings. The normalized spacial score (nSPS) is 20.7. The van der Waals surface area contributed by atoms with Gasteiger partial charge in [-0.15, -0.1) is 0 Å². The molecule has 2 atom stereocenters. The van der Waals surface area contributed by atoms with Crippen LogP contribution in [0.25, 0.3) is 0 Å². The summed E-state index contributed by atoms with van der Waals surface area (Å²) in [7, 11) is 0. The summed E-state index contributed by atoms with van der Waals surface area (Å²) in [5, 5.41) is 15.1. The molecule has 114 valence electrons. The number of amides is 1. The Labute approximate surface area is 124 Å². The van der Waals surface area contributed by atoms with Crippen molar-refractivity contribution in [2.24, 2.45) is 0 Å². The van der Waals surface area contributed by atoms with Crippen molar-refractivity contribution in [2.75, 3.05) is 26.2 Å². The van der Waals surface area contributed by atoms with Crippen LogP contribution >= 0.6 is 0 Å². The van der Waals surface area contributed by atoms with Gasteiger partial charge in [0.05, 0.1) is 12.6 Å². The number of aliphatic carboxylic acids is 1. The highest BCUT2D eigenvalue weighted by atomic mass is 16.4. The van der Waals surface area contributed by atoms with Gasteiger partial charge in [0.15, 0.2) is 0 Å². The Morgan fingerprint density at radius 2 is 2.14 bits per heavy atom. The maximum absolute atomic E-state index is 12.1. The molecule has 0 radical (unpaired) electrons. The molecule has 6 heteroatoms. The predicted octanol–water partition coefficient (Wildman–Crippen LogP) is 0.222. The Balaban J connectivity index is 1.90. The van der Waals surface area contributed by atoms with Crippen molar-refractivity contribution in [3.8, 4) is 0 Å². The van der Waals surface area contributed by atoms with Gasteiger partial charge in [0.25, 0.3) is 0 Å². The van der Waals surface area contributed by atoms with Crippen LogP contribution in [0.2, 0.25) is 0 Å². The zero-order valence-electron chi connectivity index (χ0n) is 12.1. The lowest BCUT2D eigenvalue weighted by Gasteiger charge is -2.33. The number of benzene rings is 1. The number of rotatable bonds is 5. The van der Waals surface area contributed by atoms with Gasteiger partial charge < -0.3 is 15.7 Å². The highest BCUT2D eigenvalue weighted by Crippen LogP contribution is 2.11. The molecule has 1 aliphatic heterocycles. The van der Waals surface area contributed by atoms with Crippen molar-refractivity contribution in [3.63, 3.8) is 0 Å². The van der Waals surface area contributed by atoms with Crippen molar-refractivity contribution < 1.29 is 14.7 Å². The second-order valence-electron chi connectivity index (χ2n) is 5.23. The first-order valence-electron chi connectivity index (χ1n) is 7.10. The summed E-state index contributed by atoms with van der Waals surface area (Å²) < 4.78 is 0. The molecular weight excluding hydrogens is 270 g/mol. The molecule has 1 saturated heterocycles. The molecular formula is C15H21N3O3. The Hall–Kier alpha value is -1.92. The molecule has 1 aromatic rings. The molecule has 0 spiro atoms. The van der Waals surface area contributed by atoms with Crippen molar-refractivity contribution in [2.45, 2.75) is 19.0 Å². The van der Waals surface area contributed by atoms with E-state index < -0.39 is 12.0 Å². The fraction of sp³-hybridized carbons (Fsp3) is 0.467. The lowest BCUT2D eigenvalue weighted by molar-refractivity contribution is -0.144. The van der Waals surface area contributed by atoms with E-state index in [2.05, 4.69) is 10.6 Å². The molecule has 1 aromatic carbocycles. The summed E-state index contributed by atoms with van der Waals surface area (Å²) in [6, 6.07) is 8.95. The van der Waals surface area contributed by atoms with E-state index in [1.807, 2.05) is 37.3 Å². The van der Waals surface area contributed by atoms with Crippen LogP contribution in [0.1, 0.15) is 18.5 Å². The number of nitrogens with zero attached hydrogens (tertiary/aromatic N) is 1. The van der Waals surface area contributed by atoms with E-state index >= 15 is 0 Å². The predicted molar refractivity (Wildman–Crippen MR) is 78.9 cm³/mol. The van der Waals surface area contributed by atoms with E-state index in [9.17, 15) is 9.59 Å². The van der Waals surface area contributed by atoms with E-state index in [4.69, 9.17) is 5.11 Å². The lowest BCUT2D eigenvalue weighted by Crippen LogP contribution is -2.57.